The minimum atomic E-state index is 0.623. The fourth-order valence-corrected chi connectivity index (χ4v) is 1.46. The zero-order chi connectivity index (χ0) is 8.97. The molecule has 0 aromatic heterocycles. The Kier molecular flexibility index (Phi) is 3.80. The van der Waals surface area contributed by atoms with Gasteiger partial charge in [0.1, 0.15) is 0 Å². The first-order valence-electron chi connectivity index (χ1n) is 4.38. The molecule has 0 radical (unpaired) electrons. The van der Waals surface area contributed by atoms with Gasteiger partial charge < -0.3 is 0 Å². The summed E-state index contributed by atoms with van der Waals surface area (Å²) < 4.78 is 0. The van der Waals surface area contributed by atoms with Crippen molar-refractivity contribution in [2.24, 2.45) is 0 Å². The molecule has 0 aliphatic carbocycles. The van der Waals surface area contributed by atoms with Crippen molar-refractivity contribution < 1.29 is 0 Å². The number of hydrogen-bond donors (Lipinski definition) is 0. The molecule has 12 heavy (non-hydrogen) atoms. The van der Waals surface area contributed by atoms with Crippen LogP contribution in [0.4, 0.5) is 0 Å². The zero-order valence-electron chi connectivity index (χ0n) is 7.68. The van der Waals surface area contributed by atoms with Crippen molar-refractivity contribution >= 4 is 15.9 Å². The van der Waals surface area contributed by atoms with Crippen LogP contribution in [0.3, 0.4) is 0 Å². The van der Waals surface area contributed by atoms with E-state index in [0.717, 1.165) is 0 Å². The summed E-state index contributed by atoms with van der Waals surface area (Å²) in [4.78, 5) is 0.623. The Morgan fingerprint density at radius 1 is 1.42 bits per heavy atom. The molecule has 0 saturated carbocycles. The van der Waals surface area contributed by atoms with Gasteiger partial charge in [-0.2, -0.15) is 0 Å². The minimum absolute atomic E-state index is 0.623. The number of benzene rings is 1. The van der Waals surface area contributed by atoms with Crippen molar-refractivity contribution in [3.05, 3.63) is 35.4 Å². The van der Waals surface area contributed by atoms with Crippen LogP contribution < -0.4 is 0 Å². The number of halogens is 1. The molecule has 0 fully saturated rings. The van der Waals surface area contributed by atoms with Crippen molar-refractivity contribution in [1.29, 1.82) is 0 Å². The van der Waals surface area contributed by atoms with Crippen LogP contribution in [-0.4, -0.2) is 4.83 Å². The first kappa shape index (κ1) is 9.79. The Morgan fingerprint density at radius 2 is 2.17 bits per heavy atom. The Balaban J connectivity index is 2.52. The average Bonchev–Trinajstić information content (AvgIpc) is 2.01. The average molecular weight is 227 g/mol. The molecule has 0 amide bonds. The van der Waals surface area contributed by atoms with E-state index in [1.165, 1.54) is 24.0 Å². The molecule has 1 atom stereocenters. The highest BCUT2D eigenvalue weighted by Crippen LogP contribution is 2.11. The second-order valence-corrected chi connectivity index (χ2v) is 4.87. The molecule has 1 aromatic carbocycles. The van der Waals surface area contributed by atoms with E-state index in [0.29, 0.717) is 4.83 Å². The number of rotatable bonds is 3. The van der Waals surface area contributed by atoms with E-state index in [1.54, 1.807) is 0 Å². The van der Waals surface area contributed by atoms with Crippen molar-refractivity contribution in [1.82, 2.24) is 0 Å². The lowest BCUT2D eigenvalue weighted by molar-refractivity contribution is 0.821. The second kappa shape index (κ2) is 4.66. The molecule has 0 bridgehead atoms. The SMILES string of the molecule is Cc1cccc(CCC(C)Br)c1. The molecule has 1 aromatic rings. The van der Waals surface area contributed by atoms with Crippen LogP contribution in [0, 0.1) is 6.92 Å². The first-order chi connectivity index (χ1) is 5.68. The molecule has 0 saturated heterocycles. The molecule has 0 spiro atoms. The summed E-state index contributed by atoms with van der Waals surface area (Å²) in [5.41, 5.74) is 2.80. The van der Waals surface area contributed by atoms with E-state index in [1.807, 2.05) is 0 Å². The standard InChI is InChI=1S/C11H15Br/c1-9-4-3-5-11(8-9)7-6-10(2)12/h3-5,8,10H,6-7H2,1-2H3. The zero-order valence-corrected chi connectivity index (χ0v) is 9.26. The highest BCUT2D eigenvalue weighted by atomic mass is 79.9. The van der Waals surface area contributed by atoms with Crippen LogP contribution in [0.25, 0.3) is 0 Å². The van der Waals surface area contributed by atoms with E-state index >= 15 is 0 Å². The summed E-state index contributed by atoms with van der Waals surface area (Å²) in [6.07, 6.45) is 2.39. The quantitative estimate of drug-likeness (QED) is 0.690. The van der Waals surface area contributed by atoms with E-state index < -0.39 is 0 Å². The Bertz CT molecular complexity index is 241. The highest BCUT2D eigenvalue weighted by Gasteiger charge is 1.97. The summed E-state index contributed by atoms with van der Waals surface area (Å²) in [6.45, 7) is 4.33. The maximum absolute atomic E-state index is 3.55. The summed E-state index contributed by atoms with van der Waals surface area (Å²) in [5.74, 6) is 0. The topological polar surface area (TPSA) is 0 Å². The lowest BCUT2D eigenvalue weighted by Gasteiger charge is -2.03. The minimum Gasteiger partial charge on any atom is -0.0894 e. The summed E-state index contributed by atoms with van der Waals surface area (Å²) in [6, 6.07) is 8.72. The van der Waals surface area contributed by atoms with Gasteiger partial charge in [0.2, 0.25) is 0 Å². The summed E-state index contributed by atoms with van der Waals surface area (Å²) in [5, 5.41) is 0. The molecular weight excluding hydrogens is 212 g/mol. The predicted molar refractivity (Wildman–Crippen MR) is 57.9 cm³/mol. The van der Waals surface area contributed by atoms with Gasteiger partial charge in [0, 0.05) is 4.83 Å². The van der Waals surface area contributed by atoms with Gasteiger partial charge in [-0.05, 0) is 25.3 Å². The predicted octanol–water partition coefficient (Wildman–Crippen LogP) is 3.71. The normalized spacial score (nSPS) is 12.9. The molecule has 0 aliphatic rings. The molecular formula is C11H15Br. The van der Waals surface area contributed by atoms with Crippen LogP contribution >= 0.6 is 15.9 Å². The van der Waals surface area contributed by atoms with Crippen LogP contribution in [0.1, 0.15) is 24.5 Å². The van der Waals surface area contributed by atoms with Crippen molar-refractivity contribution in [2.75, 3.05) is 0 Å². The van der Waals surface area contributed by atoms with Gasteiger partial charge in [-0.3, -0.25) is 0 Å². The lowest BCUT2D eigenvalue weighted by Crippen LogP contribution is -1.93. The number of alkyl halides is 1. The summed E-state index contributed by atoms with van der Waals surface area (Å²) in [7, 11) is 0. The van der Waals surface area contributed by atoms with Gasteiger partial charge in [0.05, 0.1) is 0 Å². The number of aryl methyl sites for hydroxylation is 2. The van der Waals surface area contributed by atoms with E-state index in [2.05, 4.69) is 54.0 Å². The van der Waals surface area contributed by atoms with Gasteiger partial charge in [0.15, 0.2) is 0 Å². The molecule has 66 valence electrons. The van der Waals surface area contributed by atoms with E-state index in [4.69, 9.17) is 0 Å². The largest absolute Gasteiger partial charge is 0.0894 e. The smallest absolute Gasteiger partial charge is 0.0120 e. The number of hydrogen-bond acceptors (Lipinski definition) is 0. The molecule has 1 unspecified atom stereocenters. The Labute approximate surface area is 83.1 Å². The van der Waals surface area contributed by atoms with Gasteiger partial charge in [-0.1, -0.05) is 52.7 Å². The third-order valence-electron chi connectivity index (χ3n) is 1.91. The first-order valence-corrected chi connectivity index (χ1v) is 5.29. The molecule has 0 heterocycles. The van der Waals surface area contributed by atoms with E-state index in [-0.39, 0.29) is 0 Å². The van der Waals surface area contributed by atoms with Crippen LogP contribution in [0.5, 0.6) is 0 Å². The van der Waals surface area contributed by atoms with Gasteiger partial charge in [-0.25, -0.2) is 0 Å². The third kappa shape index (κ3) is 3.40. The highest BCUT2D eigenvalue weighted by molar-refractivity contribution is 9.09. The maximum Gasteiger partial charge on any atom is 0.0120 e. The van der Waals surface area contributed by atoms with Crippen LogP contribution in [0.2, 0.25) is 0 Å². The van der Waals surface area contributed by atoms with Gasteiger partial charge in [-0.15, -0.1) is 0 Å². The summed E-state index contributed by atoms with van der Waals surface area (Å²) >= 11 is 3.55. The molecule has 1 rings (SSSR count). The fourth-order valence-electron chi connectivity index (χ4n) is 1.23. The fraction of sp³-hybridized carbons (Fsp3) is 0.455. The van der Waals surface area contributed by atoms with Crippen molar-refractivity contribution in [3.63, 3.8) is 0 Å². The van der Waals surface area contributed by atoms with Crippen molar-refractivity contribution in [3.8, 4) is 0 Å². The maximum atomic E-state index is 3.55. The molecule has 1 heteroatoms. The third-order valence-corrected chi connectivity index (χ3v) is 2.37. The Morgan fingerprint density at radius 3 is 2.75 bits per heavy atom. The molecule has 0 N–H and O–H groups in total. The van der Waals surface area contributed by atoms with Crippen LogP contribution in [0.15, 0.2) is 24.3 Å². The monoisotopic (exact) mass is 226 g/mol. The van der Waals surface area contributed by atoms with E-state index in [9.17, 15) is 0 Å². The van der Waals surface area contributed by atoms with Gasteiger partial charge >= 0.3 is 0 Å². The van der Waals surface area contributed by atoms with Crippen LogP contribution in [-0.2, 0) is 6.42 Å². The molecule has 0 nitrogen and oxygen atoms in total. The van der Waals surface area contributed by atoms with Crippen molar-refractivity contribution in [2.45, 2.75) is 31.5 Å². The van der Waals surface area contributed by atoms with Gasteiger partial charge in [0.25, 0.3) is 0 Å². The molecule has 0 aliphatic heterocycles. The second-order valence-electron chi connectivity index (χ2n) is 3.31. The Hall–Kier alpha value is -0.300. The lowest BCUT2D eigenvalue weighted by atomic mass is 10.1.